The van der Waals surface area contributed by atoms with Gasteiger partial charge in [-0.1, -0.05) is 12.1 Å². The highest BCUT2D eigenvalue weighted by Crippen LogP contribution is 2.37. The van der Waals surface area contributed by atoms with Gasteiger partial charge in [0.1, 0.15) is 17.4 Å². The molecular formula is C20H17FN2O3. The van der Waals surface area contributed by atoms with E-state index in [1.54, 1.807) is 18.2 Å². The molecule has 0 unspecified atom stereocenters. The van der Waals surface area contributed by atoms with Gasteiger partial charge in [-0.3, -0.25) is 0 Å². The predicted octanol–water partition coefficient (Wildman–Crippen LogP) is 4.32. The van der Waals surface area contributed by atoms with E-state index in [2.05, 4.69) is 10.3 Å². The largest absolute Gasteiger partial charge is 0.497 e. The van der Waals surface area contributed by atoms with Crippen LogP contribution >= 0.6 is 0 Å². The van der Waals surface area contributed by atoms with Crippen molar-refractivity contribution in [2.24, 2.45) is 0 Å². The van der Waals surface area contributed by atoms with Crippen LogP contribution in [0, 0.1) is 5.82 Å². The Bertz CT molecular complexity index is 1020. The summed E-state index contributed by atoms with van der Waals surface area (Å²) >= 11 is 0. The van der Waals surface area contributed by atoms with Crippen LogP contribution in [0.1, 0.15) is 23.2 Å². The molecule has 2 aromatic carbocycles. The molecule has 1 fully saturated rings. The van der Waals surface area contributed by atoms with Crippen LogP contribution in [0.15, 0.2) is 42.6 Å². The smallest absolute Gasteiger partial charge is 0.336 e. The number of halogens is 1. The van der Waals surface area contributed by atoms with E-state index in [4.69, 9.17) is 4.74 Å². The molecule has 0 radical (unpaired) electrons. The molecule has 132 valence electrons. The van der Waals surface area contributed by atoms with Gasteiger partial charge in [0.2, 0.25) is 0 Å². The quantitative estimate of drug-likeness (QED) is 0.715. The summed E-state index contributed by atoms with van der Waals surface area (Å²) in [6, 6.07) is 9.88. The molecule has 4 rings (SSSR count). The van der Waals surface area contributed by atoms with Gasteiger partial charge in [0.25, 0.3) is 0 Å². The number of anilines is 1. The Kier molecular flexibility index (Phi) is 3.95. The highest BCUT2D eigenvalue weighted by Gasteiger charge is 2.24. The van der Waals surface area contributed by atoms with E-state index in [1.807, 2.05) is 6.07 Å². The summed E-state index contributed by atoms with van der Waals surface area (Å²) in [5, 5.41) is 14.1. The standard InChI is InChI=1S/C20H17FN2O3/c1-26-12-7-8-13(17(21)9-12)16-10-22-19(23-11-5-6-11)14-3-2-4-15(18(14)16)20(24)25/h2-4,7-11H,5-6H2,1H3,(H,22,23)(H,24,25). The number of fused-ring (bicyclic) bond motifs is 1. The van der Waals surface area contributed by atoms with Gasteiger partial charge >= 0.3 is 5.97 Å². The number of hydrogen-bond donors (Lipinski definition) is 2. The predicted molar refractivity (Wildman–Crippen MR) is 97.3 cm³/mol. The number of benzene rings is 2. The van der Waals surface area contributed by atoms with Crippen LogP contribution in [-0.2, 0) is 0 Å². The second-order valence-electron chi connectivity index (χ2n) is 6.32. The van der Waals surface area contributed by atoms with Gasteiger partial charge < -0.3 is 15.2 Å². The number of nitrogens with zero attached hydrogens (tertiary/aromatic N) is 1. The van der Waals surface area contributed by atoms with Gasteiger partial charge in [-0.15, -0.1) is 0 Å². The lowest BCUT2D eigenvalue weighted by atomic mass is 9.96. The van der Waals surface area contributed by atoms with Crippen molar-refractivity contribution < 1.29 is 19.0 Å². The Morgan fingerprint density at radius 1 is 1.27 bits per heavy atom. The van der Waals surface area contributed by atoms with Gasteiger partial charge in [0.05, 0.1) is 12.7 Å². The lowest BCUT2D eigenvalue weighted by molar-refractivity contribution is 0.0699. The Labute approximate surface area is 149 Å². The molecule has 2 N–H and O–H groups in total. The molecular weight excluding hydrogens is 335 g/mol. The summed E-state index contributed by atoms with van der Waals surface area (Å²) in [6.45, 7) is 0. The van der Waals surface area contributed by atoms with Crippen molar-refractivity contribution in [3.63, 3.8) is 0 Å². The maximum Gasteiger partial charge on any atom is 0.336 e. The minimum Gasteiger partial charge on any atom is -0.497 e. The van der Waals surface area contributed by atoms with E-state index in [-0.39, 0.29) is 11.1 Å². The fourth-order valence-electron chi connectivity index (χ4n) is 3.06. The number of carbonyl (C=O) groups is 1. The molecule has 1 aromatic heterocycles. The van der Waals surface area contributed by atoms with Crippen LogP contribution in [-0.4, -0.2) is 29.2 Å². The van der Waals surface area contributed by atoms with Crippen molar-refractivity contribution >= 4 is 22.6 Å². The topological polar surface area (TPSA) is 71.5 Å². The Hall–Kier alpha value is -3.15. The van der Waals surface area contributed by atoms with Crippen LogP contribution < -0.4 is 10.1 Å². The van der Waals surface area contributed by atoms with Crippen molar-refractivity contribution in [2.75, 3.05) is 12.4 Å². The molecule has 1 heterocycles. The molecule has 1 aliphatic rings. The van der Waals surface area contributed by atoms with E-state index in [0.717, 1.165) is 12.8 Å². The summed E-state index contributed by atoms with van der Waals surface area (Å²) < 4.78 is 19.7. The highest BCUT2D eigenvalue weighted by atomic mass is 19.1. The van der Waals surface area contributed by atoms with Gasteiger partial charge in [0.15, 0.2) is 0 Å². The zero-order valence-electron chi connectivity index (χ0n) is 14.1. The molecule has 0 amide bonds. The van der Waals surface area contributed by atoms with Crippen LogP contribution in [0.3, 0.4) is 0 Å². The monoisotopic (exact) mass is 352 g/mol. The van der Waals surface area contributed by atoms with E-state index in [0.29, 0.717) is 33.9 Å². The summed E-state index contributed by atoms with van der Waals surface area (Å²) in [7, 11) is 1.46. The maximum atomic E-state index is 14.6. The number of carboxylic acid groups (broad SMARTS) is 1. The zero-order valence-corrected chi connectivity index (χ0v) is 14.1. The third-order valence-electron chi connectivity index (χ3n) is 4.53. The number of carboxylic acids is 1. The normalized spacial score (nSPS) is 13.6. The van der Waals surface area contributed by atoms with Gasteiger partial charge in [-0.2, -0.15) is 0 Å². The second kappa shape index (κ2) is 6.29. The average molecular weight is 352 g/mol. The fourth-order valence-corrected chi connectivity index (χ4v) is 3.06. The lowest BCUT2D eigenvalue weighted by Gasteiger charge is -2.14. The Balaban J connectivity index is 1.98. The number of nitrogens with one attached hydrogen (secondary N) is 1. The van der Waals surface area contributed by atoms with E-state index in [1.165, 1.54) is 25.4 Å². The first-order valence-corrected chi connectivity index (χ1v) is 8.34. The van der Waals surface area contributed by atoms with Gasteiger partial charge in [0, 0.05) is 40.2 Å². The summed E-state index contributed by atoms with van der Waals surface area (Å²) in [5.74, 6) is -0.526. The summed E-state index contributed by atoms with van der Waals surface area (Å²) in [6.07, 6.45) is 3.66. The molecule has 0 saturated heterocycles. The first kappa shape index (κ1) is 16.3. The van der Waals surface area contributed by atoms with E-state index < -0.39 is 11.8 Å². The minimum atomic E-state index is -1.06. The molecule has 0 atom stereocenters. The van der Waals surface area contributed by atoms with Crippen LogP contribution in [0.5, 0.6) is 5.75 Å². The molecule has 1 saturated carbocycles. The number of aromatic carboxylic acids is 1. The number of methoxy groups -OCH3 is 1. The minimum absolute atomic E-state index is 0.119. The molecule has 0 aliphatic heterocycles. The number of rotatable bonds is 5. The molecule has 1 aliphatic carbocycles. The van der Waals surface area contributed by atoms with Crippen LogP contribution in [0.2, 0.25) is 0 Å². The Morgan fingerprint density at radius 2 is 2.08 bits per heavy atom. The molecule has 0 spiro atoms. The van der Waals surface area contributed by atoms with Crippen LogP contribution in [0.25, 0.3) is 21.9 Å². The van der Waals surface area contributed by atoms with E-state index >= 15 is 0 Å². The number of aromatic nitrogens is 1. The summed E-state index contributed by atoms with van der Waals surface area (Å²) in [4.78, 5) is 16.2. The maximum absolute atomic E-state index is 14.6. The summed E-state index contributed by atoms with van der Waals surface area (Å²) in [5.41, 5.74) is 0.850. The van der Waals surface area contributed by atoms with Crippen molar-refractivity contribution in [1.82, 2.24) is 4.98 Å². The van der Waals surface area contributed by atoms with Crippen molar-refractivity contribution in [3.8, 4) is 16.9 Å². The lowest BCUT2D eigenvalue weighted by Crippen LogP contribution is -2.06. The van der Waals surface area contributed by atoms with Gasteiger partial charge in [-0.25, -0.2) is 14.2 Å². The number of hydrogen-bond acceptors (Lipinski definition) is 4. The first-order chi connectivity index (χ1) is 12.6. The zero-order chi connectivity index (χ0) is 18.3. The number of pyridine rings is 1. The van der Waals surface area contributed by atoms with E-state index in [9.17, 15) is 14.3 Å². The third-order valence-corrected chi connectivity index (χ3v) is 4.53. The highest BCUT2D eigenvalue weighted by molar-refractivity contribution is 6.12. The fraction of sp³-hybridized carbons (Fsp3) is 0.200. The van der Waals surface area contributed by atoms with Crippen molar-refractivity contribution in [3.05, 3.63) is 54.0 Å². The molecule has 5 nitrogen and oxygen atoms in total. The van der Waals surface area contributed by atoms with Crippen molar-refractivity contribution in [2.45, 2.75) is 18.9 Å². The molecule has 6 heteroatoms. The molecule has 3 aromatic rings. The van der Waals surface area contributed by atoms with Gasteiger partial charge in [-0.05, 0) is 31.0 Å². The first-order valence-electron chi connectivity index (χ1n) is 8.34. The second-order valence-corrected chi connectivity index (χ2v) is 6.32. The number of ether oxygens (including phenoxy) is 1. The van der Waals surface area contributed by atoms with Crippen molar-refractivity contribution in [1.29, 1.82) is 0 Å². The molecule has 0 bridgehead atoms. The SMILES string of the molecule is COc1ccc(-c2cnc(NC3CC3)c3cccc(C(=O)O)c23)c(F)c1. The van der Waals surface area contributed by atoms with Crippen LogP contribution in [0.4, 0.5) is 10.2 Å². The third kappa shape index (κ3) is 2.83. The average Bonchev–Trinajstić information content (AvgIpc) is 3.45. The molecule has 26 heavy (non-hydrogen) atoms. The Morgan fingerprint density at radius 3 is 2.73 bits per heavy atom.